The first kappa shape index (κ1) is 17.7. The highest BCUT2D eigenvalue weighted by Crippen LogP contribution is 2.30. The van der Waals surface area contributed by atoms with Gasteiger partial charge >= 0.3 is 0 Å². The van der Waals surface area contributed by atoms with Crippen molar-refractivity contribution < 1.29 is 8.42 Å². The number of hydrogen-bond acceptors (Lipinski definition) is 5. The predicted octanol–water partition coefficient (Wildman–Crippen LogP) is 4.18. The maximum Gasteiger partial charge on any atom is 0.183 e. The average Bonchev–Trinajstić information content (AvgIpc) is 3.04. The first-order valence-electron chi connectivity index (χ1n) is 8.80. The normalized spacial score (nSPS) is 14.1. The van der Waals surface area contributed by atoms with E-state index in [0.29, 0.717) is 11.4 Å². The standard InChI is InChI=1S/C21H21N3O2S/c1-21(2,3)27(25,26)15-8-9-18-17(12-15)19(10-11-22-18)24-20-16-7-5-4-6-14(16)13-23-20/h4-12H,13H2,1-3H3,(H,22,23,24). The third-order valence-electron chi connectivity index (χ3n) is 4.76. The van der Waals surface area contributed by atoms with Crippen LogP contribution in [0.1, 0.15) is 31.9 Å². The molecular formula is C21H21N3O2S. The van der Waals surface area contributed by atoms with Crippen LogP contribution in [0, 0.1) is 0 Å². The fraction of sp³-hybridized carbons (Fsp3) is 0.238. The van der Waals surface area contributed by atoms with Crippen LogP contribution >= 0.6 is 0 Å². The van der Waals surface area contributed by atoms with Crippen molar-refractivity contribution in [3.05, 3.63) is 65.9 Å². The van der Waals surface area contributed by atoms with Crippen LogP contribution in [0.4, 0.5) is 5.69 Å². The molecule has 1 aromatic heterocycles. The van der Waals surface area contributed by atoms with Crippen molar-refractivity contribution in [1.82, 2.24) is 4.98 Å². The molecule has 0 saturated carbocycles. The molecule has 4 rings (SSSR count). The van der Waals surface area contributed by atoms with Gasteiger partial charge in [0.2, 0.25) is 0 Å². The third-order valence-corrected chi connectivity index (χ3v) is 7.25. The van der Waals surface area contributed by atoms with Gasteiger partial charge in [-0.3, -0.25) is 9.98 Å². The van der Waals surface area contributed by atoms with Crippen molar-refractivity contribution >= 4 is 32.3 Å². The molecule has 27 heavy (non-hydrogen) atoms. The Hall–Kier alpha value is -2.73. The number of nitrogens with one attached hydrogen (secondary N) is 1. The van der Waals surface area contributed by atoms with Gasteiger partial charge in [0, 0.05) is 17.1 Å². The quantitative estimate of drug-likeness (QED) is 0.725. The predicted molar refractivity (Wildman–Crippen MR) is 109 cm³/mol. The Labute approximate surface area is 159 Å². The van der Waals surface area contributed by atoms with Gasteiger partial charge in [0.05, 0.1) is 27.4 Å². The zero-order valence-corrected chi connectivity index (χ0v) is 16.3. The minimum Gasteiger partial charge on any atom is -0.339 e. The smallest absolute Gasteiger partial charge is 0.183 e. The highest BCUT2D eigenvalue weighted by Gasteiger charge is 2.31. The summed E-state index contributed by atoms with van der Waals surface area (Å²) in [7, 11) is -3.45. The molecule has 0 atom stereocenters. The van der Waals surface area contributed by atoms with E-state index in [0.717, 1.165) is 28.0 Å². The van der Waals surface area contributed by atoms with E-state index in [1.165, 1.54) is 5.56 Å². The van der Waals surface area contributed by atoms with Crippen LogP contribution in [0.15, 0.2) is 64.6 Å². The maximum atomic E-state index is 12.9. The largest absolute Gasteiger partial charge is 0.339 e. The lowest BCUT2D eigenvalue weighted by atomic mass is 10.1. The number of anilines is 1. The van der Waals surface area contributed by atoms with E-state index in [4.69, 9.17) is 0 Å². The number of sulfone groups is 1. The number of benzene rings is 2. The summed E-state index contributed by atoms with van der Waals surface area (Å²) in [6.45, 7) is 5.77. The zero-order chi connectivity index (χ0) is 19.2. The van der Waals surface area contributed by atoms with Crippen molar-refractivity contribution in [3.63, 3.8) is 0 Å². The molecule has 3 aromatic rings. The second-order valence-electron chi connectivity index (χ2n) is 7.60. The minimum absolute atomic E-state index is 0.298. The van der Waals surface area contributed by atoms with Gasteiger partial charge in [0.1, 0.15) is 5.84 Å². The molecule has 1 N–H and O–H groups in total. The molecule has 0 bridgehead atoms. The van der Waals surface area contributed by atoms with E-state index in [1.807, 2.05) is 24.3 Å². The molecule has 0 aliphatic carbocycles. The Kier molecular flexibility index (Phi) is 4.03. The van der Waals surface area contributed by atoms with Crippen molar-refractivity contribution in [2.24, 2.45) is 4.99 Å². The Morgan fingerprint density at radius 2 is 1.81 bits per heavy atom. The number of amidine groups is 1. The second kappa shape index (κ2) is 6.16. The van der Waals surface area contributed by atoms with E-state index in [2.05, 4.69) is 21.4 Å². The van der Waals surface area contributed by atoms with Crippen LogP contribution < -0.4 is 5.32 Å². The lowest BCUT2D eigenvalue weighted by Crippen LogP contribution is -2.27. The van der Waals surface area contributed by atoms with Gasteiger partial charge in [0.25, 0.3) is 0 Å². The van der Waals surface area contributed by atoms with Crippen molar-refractivity contribution in [3.8, 4) is 0 Å². The van der Waals surface area contributed by atoms with Gasteiger partial charge in [-0.25, -0.2) is 8.42 Å². The van der Waals surface area contributed by atoms with Gasteiger partial charge in [-0.05, 0) is 50.6 Å². The van der Waals surface area contributed by atoms with Gasteiger partial charge < -0.3 is 5.32 Å². The molecule has 138 valence electrons. The van der Waals surface area contributed by atoms with Gasteiger partial charge in [-0.2, -0.15) is 0 Å². The van der Waals surface area contributed by atoms with E-state index >= 15 is 0 Å². The summed E-state index contributed by atoms with van der Waals surface area (Å²) in [5.41, 5.74) is 3.77. The molecule has 0 spiro atoms. The van der Waals surface area contributed by atoms with Crippen LogP contribution in [-0.2, 0) is 16.4 Å². The van der Waals surface area contributed by atoms with Crippen LogP contribution in [0.5, 0.6) is 0 Å². The van der Waals surface area contributed by atoms with Crippen LogP contribution in [0.25, 0.3) is 10.9 Å². The summed E-state index contributed by atoms with van der Waals surface area (Å²) in [6.07, 6.45) is 1.71. The lowest BCUT2D eigenvalue weighted by molar-refractivity contribution is 0.560. The van der Waals surface area contributed by atoms with Crippen LogP contribution in [-0.4, -0.2) is 24.0 Å². The second-order valence-corrected chi connectivity index (χ2v) is 10.3. The lowest BCUT2D eigenvalue weighted by Gasteiger charge is -2.20. The van der Waals surface area contributed by atoms with Crippen molar-refractivity contribution in [2.75, 3.05) is 5.32 Å². The molecule has 1 aliphatic rings. The van der Waals surface area contributed by atoms with Crippen LogP contribution in [0.2, 0.25) is 0 Å². The molecule has 6 heteroatoms. The maximum absolute atomic E-state index is 12.9. The molecule has 2 heterocycles. The molecule has 5 nitrogen and oxygen atoms in total. The third kappa shape index (κ3) is 3.00. The molecule has 0 unspecified atom stereocenters. The number of hydrogen-bond donors (Lipinski definition) is 1. The summed E-state index contributed by atoms with van der Waals surface area (Å²) in [4.78, 5) is 9.25. The molecule has 0 amide bonds. The number of nitrogens with zero attached hydrogens (tertiary/aromatic N) is 2. The van der Waals surface area contributed by atoms with Gasteiger partial charge in [-0.1, -0.05) is 24.3 Å². The highest BCUT2D eigenvalue weighted by atomic mass is 32.2. The monoisotopic (exact) mass is 379 g/mol. The Balaban J connectivity index is 1.80. The number of aliphatic imine (C=N–C) groups is 1. The number of rotatable bonds is 2. The first-order chi connectivity index (χ1) is 12.8. The highest BCUT2D eigenvalue weighted by molar-refractivity contribution is 7.92. The molecule has 0 saturated heterocycles. The molecule has 0 radical (unpaired) electrons. The average molecular weight is 379 g/mol. The van der Waals surface area contributed by atoms with Gasteiger partial charge in [0.15, 0.2) is 9.84 Å². The summed E-state index contributed by atoms with van der Waals surface area (Å²) >= 11 is 0. The summed E-state index contributed by atoms with van der Waals surface area (Å²) in [5.74, 6) is 0.794. The molecule has 1 aliphatic heterocycles. The van der Waals surface area contributed by atoms with Crippen molar-refractivity contribution in [1.29, 1.82) is 0 Å². The Morgan fingerprint density at radius 3 is 2.59 bits per heavy atom. The van der Waals surface area contributed by atoms with Crippen LogP contribution in [0.3, 0.4) is 0 Å². The molecule has 0 fully saturated rings. The van der Waals surface area contributed by atoms with E-state index in [9.17, 15) is 8.42 Å². The van der Waals surface area contributed by atoms with E-state index in [1.54, 1.807) is 45.2 Å². The minimum atomic E-state index is -3.45. The molecule has 2 aromatic carbocycles. The van der Waals surface area contributed by atoms with E-state index in [-0.39, 0.29) is 0 Å². The topological polar surface area (TPSA) is 71.4 Å². The first-order valence-corrected chi connectivity index (χ1v) is 10.3. The Bertz CT molecular complexity index is 1180. The Morgan fingerprint density at radius 1 is 1.04 bits per heavy atom. The number of pyridine rings is 1. The zero-order valence-electron chi connectivity index (χ0n) is 15.5. The summed E-state index contributed by atoms with van der Waals surface area (Å²) < 4.78 is 24.8. The summed E-state index contributed by atoms with van der Waals surface area (Å²) in [5, 5.41) is 4.13. The van der Waals surface area contributed by atoms with Crippen molar-refractivity contribution in [2.45, 2.75) is 37.0 Å². The number of fused-ring (bicyclic) bond motifs is 2. The SMILES string of the molecule is CC(C)(C)S(=O)(=O)c1ccc2nccc(NC3=NCc4ccccc43)c2c1. The van der Waals surface area contributed by atoms with Gasteiger partial charge in [-0.15, -0.1) is 0 Å². The number of aromatic nitrogens is 1. The van der Waals surface area contributed by atoms with E-state index < -0.39 is 14.6 Å². The molecular weight excluding hydrogens is 358 g/mol. The summed E-state index contributed by atoms with van der Waals surface area (Å²) in [6, 6.07) is 15.0. The fourth-order valence-corrected chi connectivity index (χ4v) is 4.36. The fourth-order valence-electron chi connectivity index (χ4n) is 3.13.